The third-order valence-corrected chi connectivity index (χ3v) is 3.24. The number of nitrogens with one attached hydrogen (secondary N) is 1. The molecule has 2 rings (SSSR count). The highest BCUT2D eigenvalue weighted by Crippen LogP contribution is 2.11. The lowest BCUT2D eigenvalue weighted by atomic mass is 10.1. The molecular weight excluding hydrogens is 272 g/mol. The number of carbonyl (C=O) groups is 1. The largest absolute Gasteiger partial charge is 0.354 e. The third-order valence-electron chi connectivity index (χ3n) is 3.00. The van der Waals surface area contributed by atoms with Gasteiger partial charge in [0.05, 0.1) is 6.42 Å². The maximum atomic E-state index is 11.8. The van der Waals surface area contributed by atoms with Crippen LogP contribution in [-0.4, -0.2) is 12.5 Å². The van der Waals surface area contributed by atoms with Crippen molar-refractivity contribution in [2.45, 2.75) is 12.5 Å². The van der Waals surface area contributed by atoms with E-state index < -0.39 is 0 Å². The zero-order chi connectivity index (χ0) is 14.4. The van der Waals surface area contributed by atoms with Crippen molar-refractivity contribution in [3.63, 3.8) is 0 Å². The highest BCUT2D eigenvalue weighted by molar-refractivity contribution is 6.30. The Kier molecular flexibility index (Phi) is 5.16. The molecule has 0 aliphatic heterocycles. The maximum Gasteiger partial charge on any atom is 0.224 e. The Hall–Kier alpha value is -1.84. The predicted molar refractivity (Wildman–Crippen MR) is 81.5 cm³/mol. The van der Waals surface area contributed by atoms with Gasteiger partial charge in [-0.1, -0.05) is 54.1 Å². The van der Waals surface area contributed by atoms with Crippen LogP contribution in [0.2, 0.25) is 5.02 Å². The van der Waals surface area contributed by atoms with E-state index in [2.05, 4.69) is 5.32 Å². The van der Waals surface area contributed by atoms with E-state index in [0.29, 0.717) is 18.0 Å². The molecule has 3 nitrogen and oxygen atoms in total. The SMILES string of the molecule is NC(CNC(=O)Cc1cccc(Cl)c1)c1ccccc1. The lowest BCUT2D eigenvalue weighted by Crippen LogP contribution is -2.32. The van der Waals surface area contributed by atoms with Crippen LogP contribution in [0, 0.1) is 0 Å². The Balaban J connectivity index is 1.83. The van der Waals surface area contributed by atoms with E-state index >= 15 is 0 Å². The second kappa shape index (κ2) is 7.08. The quantitative estimate of drug-likeness (QED) is 0.889. The summed E-state index contributed by atoms with van der Waals surface area (Å²) in [4.78, 5) is 11.8. The number of halogens is 1. The summed E-state index contributed by atoms with van der Waals surface area (Å²) in [7, 11) is 0. The molecule has 20 heavy (non-hydrogen) atoms. The van der Waals surface area contributed by atoms with Crippen molar-refractivity contribution in [1.82, 2.24) is 5.32 Å². The Morgan fingerprint density at radius 2 is 1.90 bits per heavy atom. The minimum absolute atomic E-state index is 0.0568. The van der Waals surface area contributed by atoms with Crippen molar-refractivity contribution in [2.75, 3.05) is 6.54 Å². The van der Waals surface area contributed by atoms with Crippen LogP contribution in [0.4, 0.5) is 0 Å². The van der Waals surface area contributed by atoms with Crippen LogP contribution >= 0.6 is 11.6 Å². The van der Waals surface area contributed by atoms with Gasteiger partial charge >= 0.3 is 0 Å². The Morgan fingerprint density at radius 3 is 2.60 bits per heavy atom. The number of hydrogen-bond donors (Lipinski definition) is 2. The van der Waals surface area contributed by atoms with Gasteiger partial charge in [0, 0.05) is 17.6 Å². The number of amides is 1. The number of rotatable bonds is 5. The fourth-order valence-corrected chi connectivity index (χ4v) is 2.15. The average molecular weight is 289 g/mol. The average Bonchev–Trinajstić information content (AvgIpc) is 2.46. The topological polar surface area (TPSA) is 55.1 Å². The molecule has 0 saturated heterocycles. The smallest absolute Gasteiger partial charge is 0.224 e. The van der Waals surface area contributed by atoms with Gasteiger partial charge in [-0.2, -0.15) is 0 Å². The number of benzene rings is 2. The van der Waals surface area contributed by atoms with Crippen LogP contribution in [-0.2, 0) is 11.2 Å². The maximum absolute atomic E-state index is 11.8. The molecule has 0 aromatic heterocycles. The minimum Gasteiger partial charge on any atom is -0.354 e. The number of hydrogen-bond acceptors (Lipinski definition) is 2. The first-order valence-corrected chi connectivity index (χ1v) is 6.84. The molecule has 0 heterocycles. The molecule has 104 valence electrons. The minimum atomic E-state index is -0.195. The van der Waals surface area contributed by atoms with Crippen LogP contribution in [0.25, 0.3) is 0 Å². The molecule has 1 unspecified atom stereocenters. The molecular formula is C16H17ClN2O. The van der Waals surface area contributed by atoms with Gasteiger partial charge in [-0.05, 0) is 23.3 Å². The summed E-state index contributed by atoms with van der Waals surface area (Å²) in [6.07, 6.45) is 0.308. The zero-order valence-corrected chi connectivity index (χ0v) is 11.8. The fourth-order valence-electron chi connectivity index (χ4n) is 1.94. The van der Waals surface area contributed by atoms with Gasteiger partial charge in [0.15, 0.2) is 0 Å². The van der Waals surface area contributed by atoms with E-state index in [1.54, 1.807) is 12.1 Å². The van der Waals surface area contributed by atoms with E-state index in [9.17, 15) is 4.79 Å². The number of nitrogens with two attached hydrogens (primary N) is 1. The molecule has 0 aliphatic carbocycles. The highest BCUT2D eigenvalue weighted by Gasteiger charge is 2.08. The molecule has 2 aromatic carbocycles. The molecule has 1 amide bonds. The first-order chi connectivity index (χ1) is 9.65. The van der Waals surface area contributed by atoms with Crippen molar-refractivity contribution < 1.29 is 4.79 Å². The molecule has 0 saturated carbocycles. The summed E-state index contributed by atoms with van der Waals surface area (Å²) in [5.74, 6) is -0.0568. The summed E-state index contributed by atoms with van der Waals surface area (Å²) in [6.45, 7) is 0.420. The summed E-state index contributed by atoms with van der Waals surface area (Å²) in [6, 6.07) is 16.8. The molecule has 1 atom stereocenters. The van der Waals surface area contributed by atoms with Crippen LogP contribution in [0.1, 0.15) is 17.2 Å². The first kappa shape index (κ1) is 14.6. The van der Waals surface area contributed by atoms with Crippen molar-refractivity contribution in [3.05, 3.63) is 70.7 Å². The Morgan fingerprint density at radius 1 is 1.15 bits per heavy atom. The van der Waals surface area contributed by atoms with E-state index in [0.717, 1.165) is 11.1 Å². The summed E-state index contributed by atoms with van der Waals surface area (Å²) < 4.78 is 0. The molecule has 0 fully saturated rings. The second-order valence-electron chi connectivity index (χ2n) is 4.63. The van der Waals surface area contributed by atoms with Gasteiger partial charge in [0.2, 0.25) is 5.91 Å². The monoisotopic (exact) mass is 288 g/mol. The van der Waals surface area contributed by atoms with Gasteiger partial charge in [-0.15, -0.1) is 0 Å². The summed E-state index contributed by atoms with van der Waals surface area (Å²) in [5, 5.41) is 3.48. The van der Waals surface area contributed by atoms with Crippen molar-refractivity contribution in [1.29, 1.82) is 0 Å². The van der Waals surface area contributed by atoms with E-state index in [1.807, 2.05) is 42.5 Å². The normalized spacial score (nSPS) is 11.9. The van der Waals surface area contributed by atoms with Gasteiger partial charge in [0.25, 0.3) is 0 Å². The van der Waals surface area contributed by atoms with Gasteiger partial charge in [0.1, 0.15) is 0 Å². The lowest BCUT2D eigenvalue weighted by Gasteiger charge is -2.13. The molecule has 0 bridgehead atoms. The van der Waals surface area contributed by atoms with Gasteiger partial charge < -0.3 is 11.1 Å². The third kappa shape index (κ3) is 4.37. The fraction of sp³-hybridized carbons (Fsp3) is 0.188. The van der Waals surface area contributed by atoms with Crippen molar-refractivity contribution in [3.8, 4) is 0 Å². The lowest BCUT2D eigenvalue weighted by molar-refractivity contribution is -0.120. The van der Waals surface area contributed by atoms with Crippen molar-refractivity contribution >= 4 is 17.5 Å². The second-order valence-corrected chi connectivity index (χ2v) is 5.06. The predicted octanol–water partition coefficient (Wildman–Crippen LogP) is 2.70. The van der Waals surface area contributed by atoms with Crippen LogP contribution in [0.3, 0.4) is 0 Å². The summed E-state index contributed by atoms with van der Waals surface area (Å²) in [5.41, 5.74) is 7.93. The summed E-state index contributed by atoms with van der Waals surface area (Å²) >= 11 is 5.88. The molecule has 0 aliphatic rings. The molecule has 2 aromatic rings. The van der Waals surface area contributed by atoms with Gasteiger partial charge in [-0.25, -0.2) is 0 Å². The molecule has 3 N–H and O–H groups in total. The number of carbonyl (C=O) groups excluding carboxylic acids is 1. The molecule has 0 radical (unpaired) electrons. The van der Waals surface area contributed by atoms with Crippen LogP contribution in [0.15, 0.2) is 54.6 Å². The van der Waals surface area contributed by atoms with E-state index in [4.69, 9.17) is 17.3 Å². The Labute approximate surface area is 123 Å². The zero-order valence-electron chi connectivity index (χ0n) is 11.1. The van der Waals surface area contributed by atoms with Crippen molar-refractivity contribution in [2.24, 2.45) is 5.73 Å². The van der Waals surface area contributed by atoms with E-state index in [-0.39, 0.29) is 11.9 Å². The van der Waals surface area contributed by atoms with Crippen LogP contribution < -0.4 is 11.1 Å². The van der Waals surface area contributed by atoms with Gasteiger partial charge in [-0.3, -0.25) is 4.79 Å². The van der Waals surface area contributed by atoms with Crippen LogP contribution in [0.5, 0.6) is 0 Å². The highest BCUT2D eigenvalue weighted by atomic mass is 35.5. The molecule has 4 heteroatoms. The Bertz CT molecular complexity index is 572. The molecule has 0 spiro atoms. The van der Waals surface area contributed by atoms with E-state index in [1.165, 1.54) is 0 Å². The standard InChI is InChI=1S/C16H17ClN2O/c17-14-8-4-5-12(9-14)10-16(20)19-11-15(18)13-6-2-1-3-7-13/h1-9,15H,10-11,18H2,(H,19,20). The first-order valence-electron chi connectivity index (χ1n) is 6.47.